The predicted molar refractivity (Wildman–Crippen MR) is 140 cm³/mol. The van der Waals surface area contributed by atoms with Crippen molar-refractivity contribution in [1.29, 1.82) is 0 Å². The number of carbonyl (C=O) groups is 1. The summed E-state index contributed by atoms with van der Waals surface area (Å²) in [6.45, 7) is 7.13. The maximum Gasteiger partial charge on any atom is 0.246 e. The van der Waals surface area contributed by atoms with Crippen LogP contribution in [0.4, 0.5) is 27.5 Å². The predicted octanol–water partition coefficient (Wildman–Crippen LogP) is 4.72. The molecule has 8 nitrogen and oxygen atoms in total. The average Bonchev–Trinajstić information content (AvgIpc) is 3.24. The van der Waals surface area contributed by atoms with Crippen LogP contribution in [0, 0.1) is 12.7 Å². The Morgan fingerprint density at radius 3 is 2.57 bits per heavy atom. The first-order chi connectivity index (χ1) is 16.6. The summed E-state index contributed by atoms with van der Waals surface area (Å²) >= 11 is 0. The van der Waals surface area contributed by atoms with Crippen LogP contribution in [0.15, 0.2) is 30.7 Å². The van der Waals surface area contributed by atoms with E-state index in [1.54, 1.807) is 41.3 Å². The molecule has 0 bridgehead atoms. The van der Waals surface area contributed by atoms with Crippen molar-refractivity contribution < 1.29 is 9.18 Å². The Balaban J connectivity index is 1.44. The second-order valence-electron chi connectivity index (χ2n) is 10.6. The van der Waals surface area contributed by atoms with Crippen LogP contribution in [-0.4, -0.2) is 53.4 Å². The number of aromatic nitrogens is 4. The molecule has 1 saturated heterocycles. The van der Waals surface area contributed by atoms with Gasteiger partial charge in [-0.1, -0.05) is 25.2 Å². The zero-order valence-corrected chi connectivity index (χ0v) is 22.0. The molecule has 3 aromatic rings. The van der Waals surface area contributed by atoms with E-state index in [9.17, 15) is 9.18 Å². The number of aryl methyl sites for hydroxylation is 2. The maximum absolute atomic E-state index is 15.0. The second kappa shape index (κ2) is 8.74. The Morgan fingerprint density at radius 2 is 1.89 bits per heavy atom. The normalized spacial score (nSPS) is 18.1. The quantitative estimate of drug-likeness (QED) is 0.530. The van der Waals surface area contributed by atoms with Crippen molar-refractivity contribution in [3.63, 3.8) is 0 Å². The van der Waals surface area contributed by atoms with E-state index in [1.165, 1.54) is 18.2 Å². The number of hydrogen-bond acceptors (Lipinski definition) is 6. The SMILES string of the molecule is Cc1cc(-c2cnn(C)c2)c(F)cc1Nc1ncc2c(n1)N(C1CC[Si](C)(C)CC1)CC(=O)N2C. The number of benzene rings is 1. The number of nitrogens with zero attached hydrogens (tertiary/aromatic N) is 6. The first-order valence-electron chi connectivity index (χ1n) is 12.1. The van der Waals surface area contributed by atoms with Crippen LogP contribution in [0.25, 0.3) is 11.1 Å². The van der Waals surface area contributed by atoms with Gasteiger partial charge in [-0.15, -0.1) is 0 Å². The van der Waals surface area contributed by atoms with E-state index >= 15 is 0 Å². The lowest BCUT2D eigenvalue weighted by atomic mass is 10.0. The summed E-state index contributed by atoms with van der Waals surface area (Å²) in [5.74, 6) is 0.859. The van der Waals surface area contributed by atoms with Gasteiger partial charge in [-0.05, 0) is 37.5 Å². The molecule has 184 valence electrons. The summed E-state index contributed by atoms with van der Waals surface area (Å²) in [6, 6.07) is 6.09. The van der Waals surface area contributed by atoms with E-state index in [4.69, 9.17) is 4.98 Å². The van der Waals surface area contributed by atoms with E-state index in [-0.39, 0.29) is 11.7 Å². The number of halogens is 1. The van der Waals surface area contributed by atoms with E-state index in [0.717, 1.165) is 29.8 Å². The molecule has 35 heavy (non-hydrogen) atoms. The molecule has 0 saturated carbocycles. The topological polar surface area (TPSA) is 79.2 Å². The molecule has 1 amide bonds. The standard InChI is InChI=1S/C25H32FN7OSi/c1-16-10-19(17-12-28-31(2)14-17)20(26)11-21(16)29-25-27-13-22-24(30-25)33(15-23(34)32(22)3)18-6-8-35(4,5)9-7-18/h10-14,18H,6-9,15H2,1-5H3,(H,27,29,30). The zero-order valence-electron chi connectivity index (χ0n) is 21.0. The van der Waals surface area contributed by atoms with Crippen LogP contribution < -0.4 is 15.1 Å². The van der Waals surface area contributed by atoms with Crippen molar-refractivity contribution in [2.75, 3.05) is 28.7 Å². The number of rotatable bonds is 4. The minimum absolute atomic E-state index is 0.0489. The van der Waals surface area contributed by atoms with Gasteiger partial charge in [0.1, 0.15) is 11.5 Å². The fraction of sp³-hybridized carbons (Fsp3) is 0.440. The molecule has 0 radical (unpaired) electrons. The van der Waals surface area contributed by atoms with Gasteiger partial charge in [-0.3, -0.25) is 9.48 Å². The number of carbonyl (C=O) groups excluding carboxylic acids is 1. The lowest BCUT2D eigenvalue weighted by molar-refractivity contribution is -0.117. The molecular formula is C25H32FN7OSi. The van der Waals surface area contributed by atoms with E-state index < -0.39 is 8.07 Å². The van der Waals surface area contributed by atoms with Gasteiger partial charge >= 0.3 is 0 Å². The molecule has 2 aliphatic heterocycles. The van der Waals surface area contributed by atoms with Gasteiger partial charge in [0, 0.05) is 51.2 Å². The van der Waals surface area contributed by atoms with Crippen LogP contribution in [0.5, 0.6) is 0 Å². The van der Waals surface area contributed by atoms with Crippen molar-refractivity contribution in [2.45, 2.75) is 51.0 Å². The first kappa shape index (κ1) is 23.5. The van der Waals surface area contributed by atoms with E-state index in [0.29, 0.717) is 35.5 Å². The van der Waals surface area contributed by atoms with Gasteiger partial charge in [0.05, 0.1) is 18.9 Å². The Hall–Kier alpha value is -3.27. The van der Waals surface area contributed by atoms with Crippen LogP contribution in [0.3, 0.4) is 0 Å². The molecule has 0 atom stereocenters. The molecule has 2 aromatic heterocycles. The Bertz CT molecular complexity index is 1280. The highest BCUT2D eigenvalue weighted by Gasteiger charge is 2.37. The fourth-order valence-corrected chi connectivity index (χ4v) is 7.53. The lowest BCUT2D eigenvalue weighted by Gasteiger charge is -2.43. The molecular weight excluding hydrogens is 461 g/mol. The molecule has 1 N–H and O–H groups in total. The lowest BCUT2D eigenvalue weighted by Crippen LogP contribution is -2.51. The molecule has 0 spiro atoms. The third-order valence-corrected chi connectivity index (χ3v) is 10.7. The number of hydrogen-bond donors (Lipinski definition) is 1. The Labute approximate surface area is 206 Å². The Kier molecular flexibility index (Phi) is 5.86. The minimum atomic E-state index is -1.13. The highest BCUT2D eigenvalue weighted by atomic mass is 28.3. The van der Waals surface area contributed by atoms with E-state index in [2.05, 4.69) is 33.4 Å². The van der Waals surface area contributed by atoms with Crippen molar-refractivity contribution in [3.8, 4) is 11.1 Å². The monoisotopic (exact) mass is 493 g/mol. The molecule has 1 fully saturated rings. The first-order valence-corrected chi connectivity index (χ1v) is 15.5. The maximum atomic E-state index is 15.0. The average molecular weight is 494 g/mol. The van der Waals surface area contributed by atoms with Gasteiger partial charge < -0.3 is 15.1 Å². The molecule has 1 aromatic carbocycles. The summed E-state index contributed by atoms with van der Waals surface area (Å²) in [6.07, 6.45) is 7.30. The molecule has 0 unspecified atom stereocenters. The smallest absolute Gasteiger partial charge is 0.246 e. The van der Waals surface area contributed by atoms with Crippen LogP contribution in [0.1, 0.15) is 18.4 Å². The number of nitrogens with one attached hydrogen (secondary N) is 1. The summed E-state index contributed by atoms with van der Waals surface area (Å²) < 4.78 is 16.6. The largest absolute Gasteiger partial charge is 0.342 e. The summed E-state index contributed by atoms with van der Waals surface area (Å²) in [5, 5.41) is 7.35. The number of amides is 1. The molecule has 0 aliphatic carbocycles. The van der Waals surface area contributed by atoms with Crippen LogP contribution in [-0.2, 0) is 11.8 Å². The van der Waals surface area contributed by atoms with Gasteiger partial charge in [0.15, 0.2) is 5.82 Å². The minimum Gasteiger partial charge on any atom is -0.342 e. The summed E-state index contributed by atoms with van der Waals surface area (Å²) in [4.78, 5) is 25.8. The van der Waals surface area contributed by atoms with Gasteiger partial charge in [0.2, 0.25) is 11.9 Å². The van der Waals surface area contributed by atoms with Crippen LogP contribution >= 0.6 is 0 Å². The number of anilines is 4. The number of likely N-dealkylation sites (N-methyl/N-ethyl adjacent to an activating group) is 1. The van der Waals surface area contributed by atoms with Crippen molar-refractivity contribution >= 4 is 37.1 Å². The second-order valence-corrected chi connectivity index (χ2v) is 15.9. The third kappa shape index (κ3) is 4.54. The molecule has 2 aliphatic rings. The highest BCUT2D eigenvalue weighted by Crippen LogP contribution is 2.39. The Morgan fingerprint density at radius 1 is 1.14 bits per heavy atom. The van der Waals surface area contributed by atoms with Gasteiger partial charge in [0.25, 0.3) is 0 Å². The van der Waals surface area contributed by atoms with Gasteiger partial charge in [-0.25, -0.2) is 9.37 Å². The molecule has 4 heterocycles. The van der Waals surface area contributed by atoms with Crippen molar-refractivity contribution in [1.82, 2.24) is 19.7 Å². The van der Waals surface area contributed by atoms with Crippen molar-refractivity contribution in [2.24, 2.45) is 7.05 Å². The zero-order chi connectivity index (χ0) is 24.9. The summed E-state index contributed by atoms with van der Waals surface area (Å²) in [7, 11) is 2.45. The fourth-order valence-electron chi connectivity index (χ4n) is 5.05. The molecule has 10 heteroatoms. The third-order valence-electron chi connectivity index (χ3n) is 7.39. The van der Waals surface area contributed by atoms with Crippen LogP contribution in [0.2, 0.25) is 25.2 Å². The number of fused-ring (bicyclic) bond motifs is 1. The summed E-state index contributed by atoms with van der Waals surface area (Å²) in [5.41, 5.74) is 3.42. The van der Waals surface area contributed by atoms with Gasteiger partial charge in [-0.2, -0.15) is 10.1 Å². The van der Waals surface area contributed by atoms with E-state index in [1.807, 2.05) is 14.0 Å². The van der Waals surface area contributed by atoms with Crippen molar-refractivity contribution in [3.05, 3.63) is 42.1 Å². The molecule has 5 rings (SSSR count). The highest BCUT2D eigenvalue weighted by molar-refractivity contribution is 6.77.